The van der Waals surface area contributed by atoms with Gasteiger partial charge >= 0.3 is 0 Å². The zero-order chi connectivity index (χ0) is 15.1. The van der Waals surface area contributed by atoms with Gasteiger partial charge in [-0.05, 0) is 36.8 Å². The number of benzene rings is 1. The van der Waals surface area contributed by atoms with E-state index in [0.717, 1.165) is 18.4 Å². The predicted octanol–water partition coefficient (Wildman–Crippen LogP) is 2.67. The molecule has 3 unspecified atom stereocenters. The topological polar surface area (TPSA) is 52.5 Å². The van der Waals surface area contributed by atoms with Crippen molar-refractivity contribution in [2.45, 2.75) is 58.7 Å². The van der Waals surface area contributed by atoms with Crippen LogP contribution >= 0.6 is 0 Å². The van der Waals surface area contributed by atoms with Crippen molar-refractivity contribution >= 4 is 0 Å². The maximum absolute atomic E-state index is 10.4. The number of rotatable bonds is 8. The number of nitrogens with one attached hydrogen (secondary N) is 1. The van der Waals surface area contributed by atoms with Crippen molar-refractivity contribution < 1.29 is 10.2 Å². The molecule has 0 aliphatic heterocycles. The number of hydrogen-bond acceptors (Lipinski definition) is 3. The van der Waals surface area contributed by atoms with Crippen LogP contribution in [0, 0.1) is 5.92 Å². The van der Waals surface area contributed by atoms with Crippen LogP contribution in [0.2, 0.25) is 0 Å². The summed E-state index contributed by atoms with van der Waals surface area (Å²) in [6, 6.07) is 8.15. The fourth-order valence-electron chi connectivity index (χ4n) is 2.37. The zero-order valence-corrected chi connectivity index (χ0v) is 13.1. The van der Waals surface area contributed by atoms with Crippen molar-refractivity contribution in [3.05, 3.63) is 35.4 Å². The summed E-state index contributed by atoms with van der Waals surface area (Å²) in [5.41, 5.74) is 2.23. The highest BCUT2D eigenvalue weighted by atomic mass is 16.3. The van der Waals surface area contributed by atoms with Gasteiger partial charge in [-0.3, -0.25) is 0 Å². The lowest BCUT2D eigenvalue weighted by Crippen LogP contribution is -2.41. The van der Waals surface area contributed by atoms with Gasteiger partial charge < -0.3 is 15.5 Å². The zero-order valence-electron chi connectivity index (χ0n) is 13.1. The molecule has 20 heavy (non-hydrogen) atoms. The first-order valence-corrected chi connectivity index (χ1v) is 7.61. The molecule has 3 N–H and O–H groups in total. The summed E-state index contributed by atoms with van der Waals surface area (Å²) in [6.45, 7) is 8.47. The predicted molar refractivity (Wildman–Crippen MR) is 83.7 cm³/mol. The largest absolute Gasteiger partial charge is 0.395 e. The number of hydrogen-bond donors (Lipinski definition) is 3. The van der Waals surface area contributed by atoms with E-state index in [1.807, 2.05) is 26.0 Å². The summed E-state index contributed by atoms with van der Waals surface area (Å²) in [7, 11) is 0. The molecule has 0 aliphatic rings. The highest BCUT2D eigenvalue weighted by molar-refractivity contribution is 5.25. The van der Waals surface area contributed by atoms with E-state index in [-0.39, 0.29) is 18.7 Å². The normalized spacial score (nSPS) is 16.1. The van der Waals surface area contributed by atoms with Crippen LogP contribution in [0.5, 0.6) is 0 Å². The van der Waals surface area contributed by atoms with Gasteiger partial charge in [-0.2, -0.15) is 0 Å². The second kappa shape index (κ2) is 8.40. The van der Waals surface area contributed by atoms with Crippen molar-refractivity contribution in [3.8, 4) is 0 Å². The maximum Gasteiger partial charge on any atom is 0.0940 e. The summed E-state index contributed by atoms with van der Waals surface area (Å²) in [4.78, 5) is 0. The fraction of sp³-hybridized carbons (Fsp3) is 0.647. The minimum Gasteiger partial charge on any atom is -0.395 e. The highest BCUT2D eigenvalue weighted by Gasteiger charge is 2.18. The van der Waals surface area contributed by atoms with Crippen LogP contribution in [0.25, 0.3) is 0 Å². The third-order valence-corrected chi connectivity index (χ3v) is 3.65. The Balaban J connectivity index is 2.64. The lowest BCUT2D eigenvalue weighted by Gasteiger charge is -2.25. The first-order valence-electron chi connectivity index (χ1n) is 7.61. The molecule has 0 heterocycles. The molecule has 0 bridgehead atoms. The van der Waals surface area contributed by atoms with Crippen molar-refractivity contribution in [1.29, 1.82) is 0 Å². The lowest BCUT2D eigenvalue weighted by atomic mass is 9.98. The molecule has 3 atom stereocenters. The molecule has 0 aliphatic carbocycles. The van der Waals surface area contributed by atoms with Gasteiger partial charge in [0.15, 0.2) is 0 Å². The summed E-state index contributed by atoms with van der Waals surface area (Å²) < 4.78 is 0. The van der Waals surface area contributed by atoms with Crippen molar-refractivity contribution in [1.82, 2.24) is 5.32 Å². The standard InChI is InChI=1S/C17H29NO2/c1-5-16(11-19)18-13(4)17(20)15-8-6-14(7-9-15)10-12(2)3/h6-9,12-13,16-20H,5,10-11H2,1-4H3. The van der Waals surface area contributed by atoms with Crippen LogP contribution in [0.1, 0.15) is 51.3 Å². The third-order valence-electron chi connectivity index (χ3n) is 3.65. The van der Waals surface area contributed by atoms with Crippen molar-refractivity contribution in [2.24, 2.45) is 5.92 Å². The molecular weight excluding hydrogens is 250 g/mol. The molecule has 1 aromatic carbocycles. The van der Waals surface area contributed by atoms with Crippen molar-refractivity contribution in [3.63, 3.8) is 0 Å². The van der Waals surface area contributed by atoms with Crippen LogP contribution in [-0.4, -0.2) is 28.9 Å². The molecular formula is C17H29NO2. The van der Waals surface area contributed by atoms with Crippen LogP contribution in [0.3, 0.4) is 0 Å². The Kier molecular flexibility index (Phi) is 7.20. The Bertz CT molecular complexity index is 371. The summed E-state index contributed by atoms with van der Waals surface area (Å²) in [6.07, 6.45) is 1.36. The van der Waals surface area contributed by atoms with E-state index in [9.17, 15) is 10.2 Å². The smallest absolute Gasteiger partial charge is 0.0940 e. The highest BCUT2D eigenvalue weighted by Crippen LogP contribution is 2.19. The van der Waals surface area contributed by atoms with Gasteiger partial charge in [0.25, 0.3) is 0 Å². The average Bonchev–Trinajstić information content (AvgIpc) is 2.43. The van der Waals surface area contributed by atoms with Crippen LogP contribution < -0.4 is 5.32 Å². The monoisotopic (exact) mass is 279 g/mol. The number of aliphatic hydroxyl groups excluding tert-OH is 2. The average molecular weight is 279 g/mol. The van der Waals surface area contributed by atoms with E-state index < -0.39 is 6.10 Å². The molecule has 0 fully saturated rings. The molecule has 0 radical (unpaired) electrons. The van der Waals surface area contributed by atoms with E-state index in [0.29, 0.717) is 5.92 Å². The first-order chi connectivity index (χ1) is 9.47. The molecule has 3 nitrogen and oxygen atoms in total. The maximum atomic E-state index is 10.4. The van der Waals surface area contributed by atoms with Gasteiger partial charge in [-0.1, -0.05) is 45.0 Å². The van der Waals surface area contributed by atoms with Gasteiger partial charge in [0.2, 0.25) is 0 Å². The number of aliphatic hydroxyl groups is 2. The van der Waals surface area contributed by atoms with E-state index in [2.05, 4.69) is 31.3 Å². The van der Waals surface area contributed by atoms with E-state index in [1.54, 1.807) is 0 Å². The molecule has 0 saturated heterocycles. The summed E-state index contributed by atoms with van der Waals surface area (Å²) in [5.74, 6) is 0.640. The molecule has 1 rings (SSSR count). The van der Waals surface area contributed by atoms with Gasteiger partial charge in [-0.25, -0.2) is 0 Å². The second-order valence-electron chi connectivity index (χ2n) is 6.03. The molecule has 0 aromatic heterocycles. The molecule has 1 aromatic rings. The molecule has 0 saturated carbocycles. The Morgan fingerprint density at radius 2 is 1.70 bits per heavy atom. The molecule has 0 amide bonds. The quantitative estimate of drug-likeness (QED) is 0.686. The van der Waals surface area contributed by atoms with Gasteiger partial charge in [0.1, 0.15) is 0 Å². The summed E-state index contributed by atoms with van der Waals surface area (Å²) >= 11 is 0. The van der Waals surface area contributed by atoms with Crippen molar-refractivity contribution in [2.75, 3.05) is 6.61 Å². The second-order valence-corrected chi connectivity index (χ2v) is 6.03. The lowest BCUT2D eigenvalue weighted by molar-refractivity contribution is 0.118. The molecule has 0 spiro atoms. The Hall–Kier alpha value is -0.900. The van der Waals surface area contributed by atoms with Gasteiger partial charge in [0, 0.05) is 12.1 Å². The SMILES string of the molecule is CCC(CO)NC(C)C(O)c1ccc(CC(C)C)cc1. The van der Waals surface area contributed by atoms with Crippen LogP contribution in [0.4, 0.5) is 0 Å². The van der Waals surface area contributed by atoms with Gasteiger partial charge in [0.05, 0.1) is 12.7 Å². The van der Waals surface area contributed by atoms with E-state index >= 15 is 0 Å². The summed E-state index contributed by atoms with van der Waals surface area (Å²) in [5, 5.41) is 22.8. The molecule has 3 heteroatoms. The van der Waals surface area contributed by atoms with Gasteiger partial charge in [-0.15, -0.1) is 0 Å². The minimum atomic E-state index is -0.552. The Morgan fingerprint density at radius 3 is 2.15 bits per heavy atom. The van der Waals surface area contributed by atoms with Crippen LogP contribution in [-0.2, 0) is 6.42 Å². The minimum absolute atomic E-state index is 0.0415. The third kappa shape index (κ3) is 5.23. The Labute approximate surface area is 123 Å². The first kappa shape index (κ1) is 17.2. The van der Waals surface area contributed by atoms with Crippen LogP contribution in [0.15, 0.2) is 24.3 Å². The fourth-order valence-corrected chi connectivity index (χ4v) is 2.37. The van der Waals surface area contributed by atoms with E-state index in [1.165, 1.54) is 5.56 Å². The van der Waals surface area contributed by atoms with E-state index in [4.69, 9.17) is 0 Å². The Morgan fingerprint density at radius 1 is 1.10 bits per heavy atom. The molecule has 114 valence electrons.